The summed E-state index contributed by atoms with van der Waals surface area (Å²) >= 11 is 1.28. The van der Waals surface area contributed by atoms with E-state index in [1.165, 1.54) is 159 Å². The topological polar surface area (TPSA) is 172 Å². The van der Waals surface area contributed by atoms with E-state index in [4.69, 9.17) is 24.7 Å². The number of nitrogens with two attached hydrogens (primary N) is 1. The lowest BCUT2D eigenvalue weighted by molar-refractivity contribution is -0.160. The van der Waals surface area contributed by atoms with Crippen molar-refractivity contribution < 1.29 is 42.9 Å². The van der Waals surface area contributed by atoms with E-state index in [0.29, 0.717) is 6.54 Å². The SMILES string of the molecule is CCCCCCCCCCCCCCCCCCNC(=O)OC[C@H](CSC[C@H](N)C(=O)N[C@@H](CCC(=O)OC(C)(C)C)C(=O)OC(C)(C)C)OC(=O)CCCCCCCCCCCCCCC. The van der Waals surface area contributed by atoms with Gasteiger partial charge in [-0.15, -0.1) is 0 Å². The van der Waals surface area contributed by atoms with Crippen LogP contribution in [0.3, 0.4) is 0 Å². The monoisotopic (exact) mass is 970 g/mol. The third-order valence-electron chi connectivity index (χ3n) is 11.5. The van der Waals surface area contributed by atoms with Gasteiger partial charge in [-0.3, -0.25) is 14.4 Å². The minimum absolute atomic E-state index is 0.0222. The Hall–Kier alpha value is -2.54. The molecule has 4 N–H and O–H groups in total. The van der Waals surface area contributed by atoms with E-state index in [0.717, 1.165) is 38.5 Å². The fourth-order valence-corrected chi connectivity index (χ4v) is 8.66. The number of thioether (sulfide) groups is 1. The van der Waals surface area contributed by atoms with Gasteiger partial charge in [0.2, 0.25) is 5.91 Å². The molecule has 394 valence electrons. The van der Waals surface area contributed by atoms with E-state index >= 15 is 0 Å². The van der Waals surface area contributed by atoms with Crippen LogP contribution in [0.1, 0.15) is 261 Å². The van der Waals surface area contributed by atoms with Crippen LogP contribution in [0, 0.1) is 0 Å². The van der Waals surface area contributed by atoms with Gasteiger partial charge in [-0.25, -0.2) is 9.59 Å². The summed E-state index contributed by atoms with van der Waals surface area (Å²) in [7, 11) is 0. The van der Waals surface area contributed by atoms with E-state index in [1.54, 1.807) is 41.5 Å². The summed E-state index contributed by atoms with van der Waals surface area (Å²) in [5.41, 5.74) is 4.77. The molecule has 3 atom stereocenters. The second-order valence-corrected chi connectivity index (χ2v) is 21.9. The maximum Gasteiger partial charge on any atom is 0.407 e. The summed E-state index contributed by atoms with van der Waals surface area (Å²) in [6.07, 6.45) is 35.1. The Morgan fingerprint density at radius 1 is 0.522 bits per heavy atom. The van der Waals surface area contributed by atoms with Crippen molar-refractivity contribution in [2.24, 2.45) is 5.73 Å². The standard InChI is InChI=1S/C54H103N3O9S/c1-9-11-13-15-17-19-21-23-24-25-27-29-31-33-35-37-41-56-52(62)63-42-45(64-48(58)38-36-34-32-30-28-26-22-20-18-16-14-12-10-2)43-67-44-46(55)50(60)57-47(51(61)66-54(6,7)8)39-40-49(59)65-53(3,4)5/h45-47H,9-44,55H2,1-8H3,(H,56,62)(H,57,60)/t45-,46+,47+/m1/s1. The third kappa shape index (κ3) is 44.4. The Morgan fingerprint density at radius 2 is 0.940 bits per heavy atom. The Balaban J connectivity index is 4.91. The lowest BCUT2D eigenvalue weighted by Crippen LogP contribution is -2.51. The van der Waals surface area contributed by atoms with Crippen molar-refractivity contribution in [1.82, 2.24) is 10.6 Å². The van der Waals surface area contributed by atoms with E-state index in [1.807, 2.05) is 0 Å². The second-order valence-electron chi connectivity index (χ2n) is 20.8. The van der Waals surface area contributed by atoms with Crippen molar-refractivity contribution in [3.63, 3.8) is 0 Å². The Labute approximate surface area is 414 Å². The summed E-state index contributed by atoms with van der Waals surface area (Å²) < 4.78 is 22.2. The van der Waals surface area contributed by atoms with Gasteiger partial charge in [-0.05, 0) is 60.8 Å². The number of carbonyl (C=O) groups is 5. The van der Waals surface area contributed by atoms with Crippen LogP contribution < -0.4 is 16.4 Å². The Bertz CT molecular complexity index is 1260. The van der Waals surface area contributed by atoms with Crippen molar-refractivity contribution >= 4 is 41.7 Å². The molecule has 67 heavy (non-hydrogen) atoms. The molecule has 0 spiro atoms. The second kappa shape index (κ2) is 42.3. The molecule has 0 unspecified atom stereocenters. The molecule has 0 aromatic carbocycles. The largest absolute Gasteiger partial charge is 0.460 e. The zero-order chi connectivity index (χ0) is 50.0. The number of alkyl carbamates (subject to hydrolysis) is 1. The van der Waals surface area contributed by atoms with Crippen LogP contribution in [-0.2, 0) is 38.1 Å². The molecule has 13 heteroatoms. The normalized spacial score (nSPS) is 13.1. The minimum Gasteiger partial charge on any atom is -0.460 e. The van der Waals surface area contributed by atoms with Gasteiger partial charge >= 0.3 is 24.0 Å². The number of nitrogens with one attached hydrogen (secondary N) is 2. The summed E-state index contributed by atoms with van der Waals surface area (Å²) in [6.45, 7) is 15.3. The Morgan fingerprint density at radius 3 is 1.37 bits per heavy atom. The van der Waals surface area contributed by atoms with Crippen molar-refractivity contribution in [2.45, 2.75) is 290 Å². The minimum atomic E-state index is -1.11. The zero-order valence-electron chi connectivity index (χ0n) is 44.3. The first-order chi connectivity index (χ1) is 32.0. The highest BCUT2D eigenvalue weighted by molar-refractivity contribution is 7.99. The number of amides is 2. The van der Waals surface area contributed by atoms with Gasteiger partial charge in [0.25, 0.3) is 0 Å². The first-order valence-electron chi connectivity index (χ1n) is 27.2. The molecule has 0 heterocycles. The molecule has 0 aromatic heterocycles. The Kier molecular flexibility index (Phi) is 40.7. The average molecular weight is 970 g/mol. The van der Waals surface area contributed by atoms with Gasteiger partial charge in [-0.1, -0.05) is 187 Å². The number of ether oxygens (including phenoxy) is 4. The molecule has 0 radical (unpaired) electrons. The molecule has 0 aromatic rings. The van der Waals surface area contributed by atoms with Gasteiger partial charge < -0.3 is 35.3 Å². The molecule has 0 saturated heterocycles. The number of hydrogen-bond donors (Lipinski definition) is 3. The number of rotatable bonds is 44. The van der Waals surface area contributed by atoms with Gasteiger partial charge in [0.15, 0.2) is 0 Å². The van der Waals surface area contributed by atoms with E-state index in [-0.39, 0.29) is 43.3 Å². The van der Waals surface area contributed by atoms with Gasteiger partial charge in [0, 0.05) is 30.9 Å². The number of unbranched alkanes of at least 4 members (excludes halogenated alkanes) is 27. The summed E-state index contributed by atoms with van der Waals surface area (Å²) in [6, 6.07) is -2.14. The van der Waals surface area contributed by atoms with Crippen LogP contribution in [0.4, 0.5) is 4.79 Å². The molecule has 0 aliphatic heterocycles. The molecule has 2 amide bonds. The molecule has 0 rings (SSSR count). The van der Waals surface area contributed by atoms with E-state index in [9.17, 15) is 24.0 Å². The lowest BCUT2D eigenvalue weighted by atomic mass is 10.0. The van der Waals surface area contributed by atoms with E-state index in [2.05, 4.69) is 24.5 Å². The maximum atomic E-state index is 13.2. The first-order valence-corrected chi connectivity index (χ1v) is 28.3. The molecule has 0 aliphatic rings. The molecule has 12 nitrogen and oxygen atoms in total. The molecular weight excluding hydrogens is 867 g/mol. The van der Waals surface area contributed by atoms with Crippen LogP contribution in [0.2, 0.25) is 0 Å². The highest BCUT2D eigenvalue weighted by Crippen LogP contribution is 2.18. The van der Waals surface area contributed by atoms with Crippen LogP contribution in [-0.4, -0.2) is 84.0 Å². The third-order valence-corrected chi connectivity index (χ3v) is 12.7. The number of esters is 3. The maximum absolute atomic E-state index is 13.2. The fourth-order valence-electron chi connectivity index (χ4n) is 7.69. The average Bonchev–Trinajstić information content (AvgIpc) is 3.25. The highest BCUT2D eigenvalue weighted by atomic mass is 32.2. The fraction of sp³-hybridized carbons (Fsp3) is 0.907. The number of hydrogen-bond acceptors (Lipinski definition) is 11. The van der Waals surface area contributed by atoms with E-state index < -0.39 is 53.3 Å². The summed E-state index contributed by atoms with van der Waals surface area (Å²) in [4.78, 5) is 64.3. The molecule has 0 aliphatic carbocycles. The lowest BCUT2D eigenvalue weighted by Gasteiger charge is -2.26. The smallest absolute Gasteiger partial charge is 0.407 e. The number of carbonyl (C=O) groups excluding carboxylic acids is 5. The van der Waals surface area contributed by atoms with Gasteiger partial charge in [0.1, 0.15) is 30.0 Å². The molecule has 0 saturated carbocycles. The van der Waals surface area contributed by atoms with Gasteiger partial charge in [-0.2, -0.15) is 11.8 Å². The van der Waals surface area contributed by atoms with Gasteiger partial charge in [0.05, 0.1) is 6.04 Å². The van der Waals surface area contributed by atoms with Crippen molar-refractivity contribution in [3.05, 3.63) is 0 Å². The molecular formula is C54H103N3O9S. The van der Waals surface area contributed by atoms with Crippen molar-refractivity contribution in [1.29, 1.82) is 0 Å². The summed E-state index contributed by atoms with van der Waals surface area (Å²) in [5.74, 6) is -1.74. The highest BCUT2D eigenvalue weighted by Gasteiger charge is 2.30. The van der Waals surface area contributed by atoms with Crippen LogP contribution in [0.15, 0.2) is 0 Å². The summed E-state index contributed by atoms with van der Waals surface area (Å²) in [5, 5.41) is 5.49. The van der Waals surface area contributed by atoms with Crippen molar-refractivity contribution in [3.8, 4) is 0 Å². The first kappa shape index (κ1) is 64.5. The van der Waals surface area contributed by atoms with Crippen LogP contribution >= 0.6 is 11.8 Å². The van der Waals surface area contributed by atoms with Crippen LogP contribution in [0.5, 0.6) is 0 Å². The molecule has 0 bridgehead atoms. The van der Waals surface area contributed by atoms with Crippen LogP contribution in [0.25, 0.3) is 0 Å². The predicted molar refractivity (Wildman–Crippen MR) is 277 cm³/mol. The zero-order valence-corrected chi connectivity index (χ0v) is 45.2. The van der Waals surface area contributed by atoms with Crippen molar-refractivity contribution in [2.75, 3.05) is 24.7 Å². The molecule has 0 fully saturated rings. The quantitative estimate of drug-likeness (QED) is 0.0301. The predicted octanol–water partition coefficient (Wildman–Crippen LogP) is 13.4.